The lowest BCUT2D eigenvalue weighted by Gasteiger charge is -2.38. The molecular weight excluding hydrogens is 376 g/mol. The van der Waals surface area contributed by atoms with Gasteiger partial charge in [-0.05, 0) is 16.6 Å². The van der Waals surface area contributed by atoms with Crippen LogP contribution in [0, 0.1) is 11.5 Å². The van der Waals surface area contributed by atoms with E-state index < -0.39 is 37.8 Å². The number of nitrogens with one attached hydrogen (secondary N) is 1. The molecule has 1 aromatic heterocycles. The van der Waals surface area contributed by atoms with Crippen molar-refractivity contribution < 1.29 is 14.9 Å². The van der Waals surface area contributed by atoms with Crippen LogP contribution in [0.2, 0.25) is 16.6 Å². The highest BCUT2D eigenvalue weighted by molar-refractivity contribution is 6.90. The molecule has 0 bridgehead atoms. The van der Waals surface area contributed by atoms with Gasteiger partial charge in [0.2, 0.25) is 0 Å². The van der Waals surface area contributed by atoms with Gasteiger partial charge in [0, 0.05) is 12.6 Å². The van der Waals surface area contributed by atoms with Gasteiger partial charge in [0.05, 0.1) is 12.7 Å². The number of ether oxygens (including phenoxy) is 1. The maximum absolute atomic E-state index is 12.3. The SMILES string of the molecule is CC(C)[Si](C#Cc1cn([C@H]2C[C@H](O)[C@@H](CO)O2)c(=O)[nH]c1=O)(C(C)C)C(C)C. The Morgan fingerprint density at radius 1 is 1.21 bits per heavy atom. The lowest BCUT2D eigenvalue weighted by atomic mass is 10.2. The Bertz CT molecular complexity index is 840. The second-order valence-electron chi connectivity index (χ2n) is 8.47. The Kier molecular flexibility index (Phi) is 7.10. The van der Waals surface area contributed by atoms with Crippen LogP contribution in [0.1, 0.15) is 59.8 Å². The molecule has 3 N–H and O–H groups in total. The highest BCUT2D eigenvalue weighted by Gasteiger charge is 2.41. The number of hydrogen-bond acceptors (Lipinski definition) is 5. The summed E-state index contributed by atoms with van der Waals surface area (Å²) in [5, 5.41) is 19.2. The molecule has 7 nitrogen and oxygen atoms in total. The van der Waals surface area contributed by atoms with E-state index in [2.05, 4.69) is 58.0 Å². The zero-order chi connectivity index (χ0) is 21.2. The zero-order valence-corrected chi connectivity index (χ0v) is 18.5. The van der Waals surface area contributed by atoms with Crippen LogP contribution in [0.15, 0.2) is 15.8 Å². The zero-order valence-electron chi connectivity index (χ0n) is 17.5. The molecule has 0 saturated carbocycles. The van der Waals surface area contributed by atoms with E-state index in [0.29, 0.717) is 16.6 Å². The van der Waals surface area contributed by atoms with Crippen LogP contribution in [0.4, 0.5) is 0 Å². The minimum Gasteiger partial charge on any atom is -0.394 e. The number of aromatic nitrogens is 2. The topological polar surface area (TPSA) is 105 Å². The van der Waals surface area contributed by atoms with Gasteiger partial charge in [-0.1, -0.05) is 47.5 Å². The number of rotatable bonds is 5. The minimum atomic E-state index is -2.03. The van der Waals surface area contributed by atoms with Crippen LogP contribution >= 0.6 is 0 Å². The van der Waals surface area contributed by atoms with Crippen molar-refractivity contribution in [1.82, 2.24) is 9.55 Å². The molecule has 1 aromatic rings. The molecule has 1 saturated heterocycles. The number of H-pyrrole nitrogens is 1. The van der Waals surface area contributed by atoms with E-state index >= 15 is 0 Å². The first-order valence-corrected chi connectivity index (χ1v) is 12.1. The predicted molar refractivity (Wildman–Crippen MR) is 111 cm³/mol. The summed E-state index contributed by atoms with van der Waals surface area (Å²) in [5.74, 6) is 3.07. The lowest BCUT2D eigenvalue weighted by molar-refractivity contribution is -0.0459. The summed E-state index contributed by atoms with van der Waals surface area (Å²) < 4.78 is 6.79. The third-order valence-corrected chi connectivity index (χ3v) is 12.2. The Balaban J connectivity index is 2.50. The van der Waals surface area contributed by atoms with Crippen molar-refractivity contribution in [3.63, 3.8) is 0 Å². The standard InChI is InChI=1S/C20H32N2O5Si/c1-12(2)28(13(3)4,14(5)6)8-7-15-10-22(20(26)21-19(15)25)18-9-16(24)17(11-23)27-18/h10,12-14,16-18,23-24H,9,11H2,1-6H3,(H,21,25,26)/t16-,17+,18+/m0/s1. The summed E-state index contributed by atoms with van der Waals surface area (Å²) in [5.41, 5.74) is 3.81. The highest BCUT2D eigenvalue weighted by Crippen LogP contribution is 2.40. The summed E-state index contributed by atoms with van der Waals surface area (Å²) in [6.45, 7) is 12.8. The van der Waals surface area contributed by atoms with Crippen molar-refractivity contribution in [2.24, 2.45) is 0 Å². The molecule has 1 aliphatic rings. The molecule has 156 valence electrons. The number of aliphatic hydroxyl groups is 2. The Morgan fingerprint density at radius 2 is 1.79 bits per heavy atom. The van der Waals surface area contributed by atoms with Crippen LogP contribution in [0.5, 0.6) is 0 Å². The van der Waals surface area contributed by atoms with Gasteiger partial charge in [-0.3, -0.25) is 14.3 Å². The van der Waals surface area contributed by atoms with E-state index in [1.54, 1.807) is 0 Å². The van der Waals surface area contributed by atoms with Crippen molar-refractivity contribution in [2.75, 3.05) is 6.61 Å². The lowest BCUT2D eigenvalue weighted by Crippen LogP contribution is -2.43. The molecule has 0 aromatic carbocycles. The van der Waals surface area contributed by atoms with E-state index in [1.807, 2.05) is 0 Å². The van der Waals surface area contributed by atoms with Crippen LogP contribution in [-0.4, -0.2) is 46.7 Å². The predicted octanol–water partition coefficient (Wildman–Crippen LogP) is 1.75. The monoisotopic (exact) mass is 408 g/mol. The summed E-state index contributed by atoms with van der Waals surface area (Å²) in [7, 11) is -2.03. The van der Waals surface area contributed by atoms with E-state index in [1.165, 1.54) is 10.8 Å². The smallest absolute Gasteiger partial charge is 0.330 e. The van der Waals surface area contributed by atoms with Crippen molar-refractivity contribution >= 4 is 8.07 Å². The second kappa shape index (κ2) is 8.78. The van der Waals surface area contributed by atoms with E-state index in [-0.39, 0.29) is 18.6 Å². The van der Waals surface area contributed by atoms with Crippen molar-refractivity contribution in [2.45, 2.75) is 83.0 Å². The normalized spacial score (nSPS) is 22.8. The van der Waals surface area contributed by atoms with Gasteiger partial charge in [0.1, 0.15) is 26.0 Å². The first-order valence-electron chi connectivity index (χ1n) is 9.87. The van der Waals surface area contributed by atoms with Gasteiger partial charge in [-0.2, -0.15) is 0 Å². The summed E-state index contributed by atoms with van der Waals surface area (Å²) in [6, 6.07) is 0. The third kappa shape index (κ3) is 4.18. The first kappa shape index (κ1) is 22.6. The molecule has 1 aliphatic heterocycles. The third-order valence-electron chi connectivity index (χ3n) is 5.94. The van der Waals surface area contributed by atoms with E-state index in [4.69, 9.17) is 4.74 Å². The molecule has 0 amide bonds. The Labute approximate surface area is 166 Å². The average Bonchev–Trinajstić information content (AvgIpc) is 2.96. The van der Waals surface area contributed by atoms with Crippen LogP contribution in [0.25, 0.3) is 0 Å². The molecule has 1 fully saturated rings. The van der Waals surface area contributed by atoms with Crippen molar-refractivity contribution in [1.29, 1.82) is 0 Å². The molecule has 0 spiro atoms. The van der Waals surface area contributed by atoms with Gasteiger partial charge >= 0.3 is 5.69 Å². The van der Waals surface area contributed by atoms with Gasteiger partial charge in [-0.25, -0.2) is 4.79 Å². The number of nitrogens with zero attached hydrogens (tertiary/aromatic N) is 1. The summed E-state index contributed by atoms with van der Waals surface area (Å²) >= 11 is 0. The molecule has 8 heteroatoms. The molecule has 2 rings (SSSR count). The molecular formula is C20H32N2O5Si. The summed E-state index contributed by atoms with van der Waals surface area (Å²) in [6.07, 6.45) is -0.801. The largest absolute Gasteiger partial charge is 0.394 e. The molecule has 0 aliphatic carbocycles. The number of aliphatic hydroxyl groups excluding tert-OH is 2. The van der Waals surface area contributed by atoms with Gasteiger partial charge in [0.25, 0.3) is 5.56 Å². The fourth-order valence-corrected chi connectivity index (χ4v) is 9.66. The maximum atomic E-state index is 12.3. The van der Waals surface area contributed by atoms with Gasteiger partial charge in [-0.15, -0.1) is 5.54 Å². The summed E-state index contributed by atoms with van der Waals surface area (Å²) in [4.78, 5) is 26.9. The fourth-order valence-electron chi connectivity index (χ4n) is 4.45. The maximum Gasteiger partial charge on any atom is 0.330 e. The quantitative estimate of drug-likeness (QED) is 0.509. The average molecular weight is 409 g/mol. The highest BCUT2D eigenvalue weighted by atomic mass is 28.3. The second-order valence-corrected chi connectivity index (χ2v) is 14.1. The number of aromatic amines is 1. The van der Waals surface area contributed by atoms with E-state index in [9.17, 15) is 19.8 Å². The van der Waals surface area contributed by atoms with Crippen LogP contribution in [-0.2, 0) is 4.74 Å². The van der Waals surface area contributed by atoms with Crippen LogP contribution < -0.4 is 11.2 Å². The van der Waals surface area contributed by atoms with Crippen LogP contribution in [0.3, 0.4) is 0 Å². The van der Waals surface area contributed by atoms with Crippen molar-refractivity contribution in [3.05, 3.63) is 32.6 Å². The molecule has 3 atom stereocenters. The van der Waals surface area contributed by atoms with E-state index in [0.717, 1.165) is 0 Å². The molecule has 0 unspecified atom stereocenters. The van der Waals surface area contributed by atoms with Gasteiger partial charge in [0.15, 0.2) is 0 Å². The molecule has 0 radical (unpaired) electrons. The Morgan fingerprint density at radius 3 is 2.25 bits per heavy atom. The van der Waals surface area contributed by atoms with Crippen molar-refractivity contribution in [3.8, 4) is 11.5 Å². The first-order chi connectivity index (χ1) is 13.0. The molecule has 28 heavy (non-hydrogen) atoms. The minimum absolute atomic E-state index is 0.159. The Hall–Kier alpha value is -1.66. The fraction of sp³-hybridized carbons (Fsp3) is 0.700. The number of hydrogen-bond donors (Lipinski definition) is 3. The van der Waals surface area contributed by atoms with Gasteiger partial charge < -0.3 is 14.9 Å². The molecule has 2 heterocycles.